The van der Waals surface area contributed by atoms with E-state index in [9.17, 15) is 0 Å². The first-order valence-electron chi connectivity index (χ1n) is 3.23. The zero-order valence-electron chi connectivity index (χ0n) is 5.96. The molecule has 1 aromatic heterocycles. The van der Waals surface area contributed by atoms with Crippen LogP contribution in [0.4, 0.5) is 0 Å². The van der Waals surface area contributed by atoms with Gasteiger partial charge >= 0.3 is 0 Å². The Bertz CT molecular complexity index is 388. The minimum absolute atomic E-state index is 0.627. The van der Waals surface area contributed by atoms with E-state index in [1.807, 2.05) is 19.1 Å². The molecule has 0 atom stereocenters. The van der Waals surface area contributed by atoms with Crippen LogP contribution >= 0.6 is 0 Å². The third-order valence-corrected chi connectivity index (χ3v) is 1.44. The number of aromatic amines is 1. The first-order chi connectivity index (χ1) is 5.36. The average Bonchev–Trinajstić information content (AvgIpc) is 2.04. The van der Waals surface area contributed by atoms with E-state index >= 15 is 0 Å². The molecule has 0 radical (unpaired) electrons. The largest absolute Gasteiger partial charge is 0.248 e. The predicted molar refractivity (Wildman–Crippen MR) is 37.5 cm³/mol. The molecule has 1 heterocycles. The topological polar surface area (TPSA) is 55.2 Å². The molecule has 0 aliphatic rings. The molecule has 0 saturated heterocycles. The molecule has 2 rings (SSSR count). The first-order valence-corrected chi connectivity index (χ1v) is 3.23. The quantitative estimate of drug-likeness (QED) is 0.591. The minimum Gasteiger partial charge on any atom is -0.248 e. The molecule has 2 aromatic rings. The Morgan fingerprint density at radius 1 is 1.36 bits per heavy atom. The van der Waals surface area contributed by atoms with Crippen LogP contribution < -0.4 is 0 Å². The van der Waals surface area contributed by atoms with Crippen molar-refractivity contribution in [2.75, 3.05) is 0 Å². The van der Waals surface area contributed by atoms with Crippen LogP contribution in [0.5, 0.6) is 0 Å². The van der Waals surface area contributed by atoms with Crippen LogP contribution in [0.25, 0.3) is 11.1 Å². The Labute approximate surface area is 61.9 Å². The summed E-state index contributed by atoms with van der Waals surface area (Å²) >= 11 is 0. The summed E-state index contributed by atoms with van der Waals surface area (Å²) in [6.07, 6.45) is 0. The van der Waals surface area contributed by atoms with Gasteiger partial charge in [0.2, 0.25) is 5.58 Å². The lowest BCUT2D eigenvalue weighted by Crippen LogP contribution is -1.77. The van der Waals surface area contributed by atoms with Crippen LogP contribution in [0.3, 0.4) is 0 Å². The number of nitrogens with one attached hydrogen (secondary N) is 1. The van der Waals surface area contributed by atoms with Crippen LogP contribution in [-0.2, 0) is 0 Å². The van der Waals surface area contributed by atoms with Gasteiger partial charge in [-0.3, -0.25) is 0 Å². The monoisotopic (exact) mass is 153 g/mol. The standard InChI is InChI=1S/C7H7NO3/c1-5-2-3-7-6(4-5)8-10-11-9-7/h2-4,8H,1H3. The Morgan fingerprint density at radius 3 is 3.18 bits per heavy atom. The average molecular weight is 153 g/mol. The minimum atomic E-state index is 0.627. The molecule has 58 valence electrons. The van der Waals surface area contributed by atoms with Gasteiger partial charge in [-0.25, -0.2) is 4.58 Å². The second-order valence-corrected chi connectivity index (χ2v) is 2.34. The van der Waals surface area contributed by atoms with Crippen LogP contribution in [-0.4, -0.2) is 5.16 Å². The molecule has 0 aliphatic carbocycles. The number of aromatic nitrogens is 1. The highest BCUT2D eigenvalue weighted by molar-refractivity contribution is 5.71. The molecule has 4 nitrogen and oxygen atoms in total. The van der Waals surface area contributed by atoms with Gasteiger partial charge in [-0.1, -0.05) is 10.8 Å². The summed E-state index contributed by atoms with van der Waals surface area (Å²) in [7, 11) is 0. The smallest absolute Gasteiger partial charge is 0.209 e. The Balaban J connectivity index is 2.83. The van der Waals surface area contributed by atoms with Crippen molar-refractivity contribution in [1.82, 2.24) is 5.16 Å². The maximum absolute atomic E-state index is 4.69. The van der Waals surface area contributed by atoms with Crippen LogP contribution in [0.1, 0.15) is 5.56 Å². The Kier molecular flexibility index (Phi) is 1.25. The molecular weight excluding hydrogens is 146 g/mol. The van der Waals surface area contributed by atoms with E-state index in [-0.39, 0.29) is 0 Å². The maximum atomic E-state index is 4.69. The SMILES string of the molecule is Cc1ccc2ooo[nH]c2c1. The molecule has 0 fully saturated rings. The lowest BCUT2D eigenvalue weighted by Gasteiger charge is -1.93. The number of H-pyrrole nitrogens is 1. The molecule has 1 N–H and O–H groups in total. The molecule has 0 aliphatic heterocycles. The predicted octanol–water partition coefficient (Wildman–Crippen LogP) is 2.38. The summed E-state index contributed by atoms with van der Waals surface area (Å²) in [5.41, 5.74) is 2.53. The third kappa shape index (κ3) is 1.02. The van der Waals surface area contributed by atoms with Gasteiger partial charge in [0.1, 0.15) is 5.52 Å². The summed E-state index contributed by atoms with van der Waals surface area (Å²) in [5.74, 6) is 0. The van der Waals surface area contributed by atoms with Gasteiger partial charge in [0.15, 0.2) is 0 Å². The van der Waals surface area contributed by atoms with Crippen molar-refractivity contribution in [2.24, 2.45) is 0 Å². The number of hydrogen-bond donors (Lipinski definition) is 1. The van der Waals surface area contributed by atoms with Gasteiger partial charge in [0.25, 0.3) is 0 Å². The van der Waals surface area contributed by atoms with Crippen molar-refractivity contribution in [2.45, 2.75) is 6.92 Å². The second kappa shape index (κ2) is 2.23. The second-order valence-electron chi connectivity index (χ2n) is 2.34. The maximum Gasteiger partial charge on any atom is 0.209 e. The molecule has 1 aromatic carbocycles. The number of aryl methyl sites for hydroxylation is 1. The van der Waals surface area contributed by atoms with Gasteiger partial charge < -0.3 is 0 Å². The van der Waals surface area contributed by atoms with E-state index in [1.54, 1.807) is 6.07 Å². The summed E-state index contributed by atoms with van der Waals surface area (Å²) in [5, 5.41) is 2.56. The van der Waals surface area contributed by atoms with E-state index in [1.165, 1.54) is 0 Å². The van der Waals surface area contributed by atoms with Crippen LogP contribution in [0.15, 0.2) is 32.2 Å². The fourth-order valence-electron chi connectivity index (χ4n) is 0.912. The summed E-state index contributed by atoms with van der Waals surface area (Å²) in [6, 6.07) is 5.63. The Hall–Kier alpha value is -1.58. The van der Waals surface area contributed by atoms with Crippen LogP contribution in [0.2, 0.25) is 0 Å². The Morgan fingerprint density at radius 2 is 2.27 bits per heavy atom. The van der Waals surface area contributed by atoms with Gasteiger partial charge in [-0.05, 0) is 24.6 Å². The molecule has 0 unspecified atom stereocenters. The molecule has 0 amide bonds. The van der Waals surface area contributed by atoms with Gasteiger partial charge in [0, 0.05) is 0 Å². The van der Waals surface area contributed by atoms with E-state index in [0.29, 0.717) is 5.58 Å². The van der Waals surface area contributed by atoms with Crippen molar-refractivity contribution in [3.63, 3.8) is 0 Å². The molecule has 0 spiro atoms. The van der Waals surface area contributed by atoms with Crippen molar-refractivity contribution >= 4 is 11.1 Å². The highest BCUT2D eigenvalue weighted by atomic mass is 17.2. The number of rotatable bonds is 0. The van der Waals surface area contributed by atoms with E-state index in [0.717, 1.165) is 11.1 Å². The van der Waals surface area contributed by atoms with Gasteiger partial charge in [0.05, 0.1) is 0 Å². The molecule has 0 saturated carbocycles. The molecule has 11 heavy (non-hydrogen) atoms. The highest BCUT2D eigenvalue weighted by Crippen LogP contribution is 2.11. The molecule has 0 bridgehead atoms. The number of fused-ring (bicyclic) bond motifs is 1. The van der Waals surface area contributed by atoms with Gasteiger partial charge in [-0.2, -0.15) is 9.84 Å². The number of benzene rings is 1. The normalized spacial score (nSPS) is 10.3. The van der Waals surface area contributed by atoms with Crippen molar-refractivity contribution in [3.8, 4) is 0 Å². The van der Waals surface area contributed by atoms with Crippen LogP contribution in [0, 0.1) is 6.92 Å². The summed E-state index contributed by atoms with van der Waals surface area (Å²) in [6.45, 7) is 1.98. The van der Waals surface area contributed by atoms with Crippen molar-refractivity contribution in [1.29, 1.82) is 0 Å². The van der Waals surface area contributed by atoms with E-state index < -0.39 is 0 Å². The van der Waals surface area contributed by atoms with Gasteiger partial charge in [-0.15, -0.1) is 0 Å². The molecule has 4 heteroatoms. The molecular formula is C7H7NO3. The lowest BCUT2D eigenvalue weighted by molar-refractivity contribution is -0.202. The third-order valence-electron chi connectivity index (χ3n) is 1.44. The van der Waals surface area contributed by atoms with E-state index in [2.05, 4.69) is 14.6 Å². The zero-order chi connectivity index (χ0) is 7.68. The summed E-state index contributed by atoms with van der Waals surface area (Å²) < 4.78 is 13.3. The fraction of sp³-hybridized carbons (Fsp3) is 0.143. The lowest BCUT2D eigenvalue weighted by atomic mass is 10.2. The number of hydrogen-bond acceptors (Lipinski definition) is 3. The highest BCUT2D eigenvalue weighted by Gasteiger charge is 1.95. The first kappa shape index (κ1) is 6.15. The zero-order valence-corrected chi connectivity index (χ0v) is 5.96. The van der Waals surface area contributed by atoms with E-state index in [4.69, 9.17) is 4.58 Å². The van der Waals surface area contributed by atoms with Crippen molar-refractivity contribution in [3.05, 3.63) is 23.8 Å². The summed E-state index contributed by atoms with van der Waals surface area (Å²) in [4.78, 5) is 0. The van der Waals surface area contributed by atoms with Crippen molar-refractivity contribution < 1.29 is 14.0 Å². The fourth-order valence-corrected chi connectivity index (χ4v) is 0.912.